The normalized spacial score (nSPS) is 28.9. The molecule has 5 nitrogen and oxygen atoms in total. The zero-order valence-electron chi connectivity index (χ0n) is 13.6. The van der Waals surface area contributed by atoms with Gasteiger partial charge in [0.2, 0.25) is 0 Å². The van der Waals surface area contributed by atoms with E-state index in [-0.39, 0.29) is 29.2 Å². The molecular weight excluding hydrogens is 306 g/mol. The number of aliphatic hydroxyl groups excluding tert-OH is 1. The van der Waals surface area contributed by atoms with Gasteiger partial charge < -0.3 is 14.4 Å². The number of para-hydroxylation sites is 1. The molecule has 1 N–H and O–H groups in total. The van der Waals surface area contributed by atoms with Crippen molar-refractivity contribution < 1.29 is 14.3 Å². The van der Waals surface area contributed by atoms with Crippen LogP contribution in [-0.2, 0) is 0 Å². The zero-order chi connectivity index (χ0) is 16.8. The second-order valence-corrected chi connectivity index (χ2v) is 7.16. The van der Waals surface area contributed by atoms with E-state index in [4.69, 9.17) is 4.42 Å². The summed E-state index contributed by atoms with van der Waals surface area (Å²) < 4.78 is 5.66. The largest absolute Gasteiger partial charge is 0.451 e. The molecule has 0 bridgehead atoms. The molecule has 1 aromatic heterocycles. The monoisotopic (exact) mass is 327 g/mol. The molecule has 24 heavy (non-hydrogen) atoms. The van der Waals surface area contributed by atoms with Gasteiger partial charge in [0.05, 0.1) is 11.5 Å². The summed E-state index contributed by atoms with van der Waals surface area (Å²) in [7, 11) is 1.78. The van der Waals surface area contributed by atoms with Crippen LogP contribution in [0.3, 0.4) is 0 Å². The molecule has 4 atom stereocenters. The van der Waals surface area contributed by atoms with Crippen molar-refractivity contribution in [3.63, 3.8) is 0 Å². The van der Waals surface area contributed by atoms with Crippen LogP contribution in [0.1, 0.15) is 36.2 Å². The lowest BCUT2D eigenvalue weighted by Gasteiger charge is -2.25. The number of carbonyl (C=O) groups excluding carboxylic acids is 1. The van der Waals surface area contributed by atoms with Crippen molar-refractivity contribution in [3.05, 3.63) is 46.3 Å². The van der Waals surface area contributed by atoms with Crippen LogP contribution in [0.5, 0.6) is 0 Å². The van der Waals surface area contributed by atoms with Crippen molar-refractivity contribution in [1.82, 2.24) is 4.90 Å². The summed E-state index contributed by atoms with van der Waals surface area (Å²) in [6.45, 7) is 0. The molecule has 2 aromatic rings. The Labute approximate surface area is 139 Å². The van der Waals surface area contributed by atoms with E-state index in [0.29, 0.717) is 22.8 Å². The van der Waals surface area contributed by atoms with Crippen molar-refractivity contribution in [1.29, 1.82) is 0 Å². The Balaban J connectivity index is 1.57. The summed E-state index contributed by atoms with van der Waals surface area (Å²) in [6, 6.07) is 8.40. The van der Waals surface area contributed by atoms with Crippen molar-refractivity contribution >= 4 is 16.9 Å². The Morgan fingerprint density at radius 1 is 1.17 bits per heavy atom. The molecular formula is C19H21NO4. The molecule has 1 amide bonds. The van der Waals surface area contributed by atoms with Gasteiger partial charge in [-0.2, -0.15) is 0 Å². The van der Waals surface area contributed by atoms with Crippen molar-refractivity contribution in [2.75, 3.05) is 7.05 Å². The Hall–Kier alpha value is -2.14. The van der Waals surface area contributed by atoms with Gasteiger partial charge in [0.1, 0.15) is 5.58 Å². The summed E-state index contributed by atoms with van der Waals surface area (Å²) >= 11 is 0. The van der Waals surface area contributed by atoms with Crippen LogP contribution < -0.4 is 5.43 Å². The van der Waals surface area contributed by atoms with Gasteiger partial charge in [0.25, 0.3) is 5.91 Å². The smallest absolute Gasteiger partial charge is 0.289 e. The molecule has 2 fully saturated rings. The number of hydrogen-bond acceptors (Lipinski definition) is 4. The first-order valence-electron chi connectivity index (χ1n) is 8.51. The van der Waals surface area contributed by atoms with Crippen molar-refractivity contribution in [2.45, 2.75) is 37.8 Å². The quantitative estimate of drug-likeness (QED) is 0.919. The van der Waals surface area contributed by atoms with E-state index in [9.17, 15) is 14.7 Å². The number of aliphatic hydroxyl groups is 1. The number of carbonyl (C=O) groups is 1. The number of nitrogens with zero attached hydrogens (tertiary/aromatic N) is 1. The van der Waals surface area contributed by atoms with E-state index in [2.05, 4.69) is 0 Å². The molecule has 1 aromatic carbocycles. The lowest BCUT2D eigenvalue weighted by molar-refractivity contribution is 0.0691. The summed E-state index contributed by atoms with van der Waals surface area (Å²) in [5, 5.41) is 10.2. The fraction of sp³-hybridized carbons (Fsp3) is 0.474. The van der Waals surface area contributed by atoms with Crippen molar-refractivity contribution in [2.24, 2.45) is 11.8 Å². The highest BCUT2D eigenvalue weighted by atomic mass is 16.3. The van der Waals surface area contributed by atoms with Gasteiger partial charge in [-0.05, 0) is 49.7 Å². The Morgan fingerprint density at radius 3 is 2.54 bits per heavy atom. The highest BCUT2D eigenvalue weighted by molar-refractivity contribution is 5.93. The second-order valence-electron chi connectivity index (χ2n) is 7.16. The SMILES string of the molecule is CN(C(=O)c1cc(=O)c2ccccc2o1)C1C[C@H]2CC(O)C[C@H]2C1. The maximum absolute atomic E-state index is 12.8. The Kier molecular flexibility index (Phi) is 3.68. The average molecular weight is 327 g/mol. The van der Waals surface area contributed by atoms with E-state index < -0.39 is 0 Å². The first-order valence-corrected chi connectivity index (χ1v) is 8.51. The third-order valence-corrected chi connectivity index (χ3v) is 5.68. The lowest BCUT2D eigenvalue weighted by atomic mass is 10.0. The highest BCUT2D eigenvalue weighted by Crippen LogP contribution is 2.45. The predicted octanol–water partition coefficient (Wildman–Crippen LogP) is 2.41. The maximum Gasteiger partial charge on any atom is 0.289 e. The summed E-state index contributed by atoms with van der Waals surface area (Å²) in [4.78, 5) is 26.6. The fourth-order valence-electron chi connectivity index (χ4n) is 4.42. The molecule has 0 spiro atoms. The lowest BCUT2D eigenvalue weighted by Crippen LogP contribution is -2.36. The molecule has 5 heteroatoms. The van der Waals surface area contributed by atoms with E-state index in [1.165, 1.54) is 6.07 Å². The van der Waals surface area contributed by atoms with Gasteiger partial charge in [0.15, 0.2) is 11.2 Å². The van der Waals surface area contributed by atoms with Crippen LogP contribution >= 0.6 is 0 Å². The number of fused-ring (bicyclic) bond motifs is 2. The van der Waals surface area contributed by atoms with Gasteiger partial charge in [-0.1, -0.05) is 12.1 Å². The van der Waals surface area contributed by atoms with Gasteiger partial charge in [-0.15, -0.1) is 0 Å². The predicted molar refractivity (Wildman–Crippen MR) is 89.8 cm³/mol. The Bertz CT molecular complexity index is 829. The fourth-order valence-corrected chi connectivity index (χ4v) is 4.42. The van der Waals surface area contributed by atoms with E-state index in [1.807, 2.05) is 0 Å². The van der Waals surface area contributed by atoms with Gasteiger partial charge in [-0.25, -0.2) is 0 Å². The molecule has 1 heterocycles. The molecule has 2 aliphatic carbocycles. The molecule has 2 saturated carbocycles. The van der Waals surface area contributed by atoms with Crippen molar-refractivity contribution in [3.8, 4) is 0 Å². The molecule has 4 rings (SSSR count). The molecule has 2 unspecified atom stereocenters. The average Bonchev–Trinajstić information content (AvgIpc) is 3.10. The van der Waals surface area contributed by atoms with Crippen LogP contribution in [0.15, 0.2) is 39.5 Å². The zero-order valence-corrected chi connectivity index (χ0v) is 13.6. The third kappa shape index (κ3) is 2.53. The van der Waals surface area contributed by atoms with E-state index >= 15 is 0 Å². The number of rotatable bonds is 2. The van der Waals surface area contributed by atoms with Gasteiger partial charge in [0, 0.05) is 19.2 Å². The van der Waals surface area contributed by atoms with Crippen LogP contribution in [0.4, 0.5) is 0 Å². The number of hydrogen-bond donors (Lipinski definition) is 1. The van der Waals surface area contributed by atoms with Gasteiger partial charge >= 0.3 is 0 Å². The summed E-state index contributed by atoms with van der Waals surface area (Å²) in [6.07, 6.45) is 3.34. The van der Waals surface area contributed by atoms with E-state index in [1.54, 1.807) is 36.2 Å². The highest BCUT2D eigenvalue weighted by Gasteiger charge is 2.43. The van der Waals surface area contributed by atoms with Crippen LogP contribution in [0.25, 0.3) is 11.0 Å². The van der Waals surface area contributed by atoms with Gasteiger partial charge in [-0.3, -0.25) is 9.59 Å². The molecule has 0 saturated heterocycles. The third-order valence-electron chi connectivity index (χ3n) is 5.68. The minimum Gasteiger partial charge on any atom is -0.451 e. The molecule has 0 radical (unpaired) electrons. The second kappa shape index (κ2) is 5.74. The number of amides is 1. The topological polar surface area (TPSA) is 70.8 Å². The summed E-state index contributed by atoms with van der Waals surface area (Å²) in [5.74, 6) is 0.856. The minimum absolute atomic E-state index is 0.0956. The maximum atomic E-state index is 12.8. The van der Waals surface area contributed by atoms with Crippen LogP contribution in [0, 0.1) is 11.8 Å². The van der Waals surface area contributed by atoms with Crippen LogP contribution in [-0.4, -0.2) is 35.1 Å². The first-order chi connectivity index (χ1) is 11.5. The Morgan fingerprint density at radius 2 is 1.83 bits per heavy atom. The standard InChI is InChI=1S/C19H21NO4/c1-20(13-6-11-8-14(21)9-12(11)7-13)19(23)18-10-16(22)15-4-2-3-5-17(15)24-18/h2-5,10-14,21H,6-9H2,1H3/t11-,12+,13?,14?. The first kappa shape index (κ1) is 15.4. The minimum atomic E-state index is -0.247. The summed E-state index contributed by atoms with van der Waals surface area (Å²) in [5.41, 5.74) is 0.244. The van der Waals surface area contributed by atoms with E-state index in [0.717, 1.165) is 25.7 Å². The molecule has 2 aliphatic rings. The van der Waals surface area contributed by atoms with Crippen LogP contribution in [0.2, 0.25) is 0 Å². The molecule has 0 aliphatic heterocycles. The molecule has 126 valence electrons. The number of benzene rings is 1.